The summed E-state index contributed by atoms with van der Waals surface area (Å²) < 4.78 is 22.8. The van der Waals surface area contributed by atoms with Gasteiger partial charge in [0.15, 0.2) is 21.5 Å². The molecule has 0 aliphatic carbocycles. The Kier molecular flexibility index (Phi) is 3.84. The highest BCUT2D eigenvalue weighted by Gasteiger charge is 2.09. The first-order valence-corrected chi connectivity index (χ1v) is 7.80. The molecule has 0 unspecified atom stereocenters. The molecule has 0 fully saturated rings. The van der Waals surface area contributed by atoms with E-state index in [2.05, 4.69) is 15.3 Å². The summed E-state index contributed by atoms with van der Waals surface area (Å²) in [5, 5.41) is 2.92. The monoisotopic (exact) mass is 280 g/mol. The molecule has 3 N–H and O–H groups in total. The van der Waals surface area contributed by atoms with Crippen LogP contribution >= 0.6 is 0 Å². The standard InChI is InChI=1S/C12H16N4O2S/c1-2-19(17,18)8-7-14-12-11(13)15-9-5-3-4-6-10(9)16-12/h3-6H,2,7-8H2,1H3,(H2,13,15)(H,14,16). The second kappa shape index (κ2) is 5.40. The maximum Gasteiger partial charge on any atom is 0.169 e. The predicted molar refractivity (Wildman–Crippen MR) is 76.8 cm³/mol. The van der Waals surface area contributed by atoms with Crippen molar-refractivity contribution >= 4 is 32.5 Å². The number of rotatable bonds is 5. The predicted octanol–water partition coefficient (Wildman–Crippen LogP) is 1.06. The zero-order chi connectivity index (χ0) is 13.9. The van der Waals surface area contributed by atoms with Crippen molar-refractivity contribution in [2.45, 2.75) is 6.92 Å². The van der Waals surface area contributed by atoms with Gasteiger partial charge in [-0.2, -0.15) is 0 Å². The molecule has 0 bridgehead atoms. The van der Waals surface area contributed by atoms with Gasteiger partial charge in [0, 0.05) is 12.3 Å². The highest BCUT2D eigenvalue weighted by molar-refractivity contribution is 7.91. The van der Waals surface area contributed by atoms with Gasteiger partial charge in [-0.1, -0.05) is 19.1 Å². The van der Waals surface area contributed by atoms with Gasteiger partial charge in [-0.15, -0.1) is 0 Å². The number of aromatic nitrogens is 2. The summed E-state index contributed by atoms with van der Waals surface area (Å²) >= 11 is 0. The molecular weight excluding hydrogens is 264 g/mol. The number of nitrogens with one attached hydrogen (secondary N) is 1. The molecule has 2 rings (SSSR count). The van der Waals surface area contributed by atoms with E-state index < -0.39 is 9.84 Å². The van der Waals surface area contributed by atoms with Gasteiger partial charge in [-0.05, 0) is 12.1 Å². The van der Waals surface area contributed by atoms with Crippen LogP contribution in [0.5, 0.6) is 0 Å². The molecule has 102 valence electrons. The summed E-state index contributed by atoms with van der Waals surface area (Å²) in [6.45, 7) is 1.90. The summed E-state index contributed by atoms with van der Waals surface area (Å²) in [6, 6.07) is 7.37. The number of nitrogens with zero attached hydrogens (tertiary/aromatic N) is 2. The number of nitrogen functional groups attached to an aromatic ring is 1. The molecule has 0 saturated heterocycles. The Balaban J connectivity index is 2.15. The molecule has 0 saturated carbocycles. The summed E-state index contributed by atoms with van der Waals surface area (Å²) in [6.07, 6.45) is 0. The van der Waals surface area contributed by atoms with E-state index in [4.69, 9.17) is 5.73 Å². The van der Waals surface area contributed by atoms with Crippen LogP contribution in [0.25, 0.3) is 11.0 Å². The average molecular weight is 280 g/mol. The van der Waals surface area contributed by atoms with E-state index in [-0.39, 0.29) is 23.9 Å². The fourth-order valence-electron chi connectivity index (χ4n) is 1.61. The van der Waals surface area contributed by atoms with Gasteiger partial charge >= 0.3 is 0 Å². The second-order valence-electron chi connectivity index (χ2n) is 4.11. The van der Waals surface area contributed by atoms with Crippen molar-refractivity contribution in [3.63, 3.8) is 0 Å². The van der Waals surface area contributed by atoms with Crippen molar-refractivity contribution in [1.82, 2.24) is 9.97 Å². The smallest absolute Gasteiger partial charge is 0.169 e. The van der Waals surface area contributed by atoms with Crippen LogP contribution in [-0.2, 0) is 9.84 Å². The van der Waals surface area contributed by atoms with Crippen molar-refractivity contribution in [1.29, 1.82) is 0 Å². The van der Waals surface area contributed by atoms with Crippen LogP contribution in [0.3, 0.4) is 0 Å². The lowest BCUT2D eigenvalue weighted by Gasteiger charge is -2.08. The summed E-state index contributed by atoms with van der Waals surface area (Å²) in [5.74, 6) is 0.878. The van der Waals surface area contributed by atoms with Crippen LogP contribution in [0.4, 0.5) is 11.6 Å². The maximum absolute atomic E-state index is 11.4. The molecule has 0 radical (unpaired) electrons. The number of fused-ring (bicyclic) bond motifs is 1. The average Bonchev–Trinajstić information content (AvgIpc) is 2.39. The summed E-state index contributed by atoms with van der Waals surface area (Å²) in [4.78, 5) is 8.54. The molecule has 0 aliphatic rings. The number of hydrogen-bond acceptors (Lipinski definition) is 6. The minimum absolute atomic E-state index is 0.0530. The molecule has 6 nitrogen and oxygen atoms in total. The third-order valence-electron chi connectivity index (χ3n) is 2.74. The van der Waals surface area contributed by atoms with Crippen LogP contribution in [0.1, 0.15) is 6.92 Å². The third-order valence-corrected chi connectivity index (χ3v) is 4.45. The Labute approximate surface area is 112 Å². The number of hydrogen-bond donors (Lipinski definition) is 2. The molecular formula is C12H16N4O2S. The highest BCUT2D eigenvalue weighted by atomic mass is 32.2. The van der Waals surface area contributed by atoms with Gasteiger partial charge in [0.2, 0.25) is 0 Å². The van der Waals surface area contributed by atoms with Crippen LogP contribution in [0.2, 0.25) is 0 Å². The SMILES string of the molecule is CCS(=O)(=O)CCNc1nc2ccccc2nc1N. The molecule has 7 heteroatoms. The van der Waals surface area contributed by atoms with Gasteiger partial charge in [0.1, 0.15) is 0 Å². The number of benzene rings is 1. The van der Waals surface area contributed by atoms with E-state index in [1.165, 1.54) is 0 Å². The maximum atomic E-state index is 11.4. The van der Waals surface area contributed by atoms with Crippen LogP contribution in [0, 0.1) is 0 Å². The van der Waals surface area contributed by atoms with Crippen LogP contribution in [-0.4, -0.2) is 36.4 Å². The Bertz CT molecular complexity index is 685. The van der Waals surface area contributed by atoms with E-state index in [9.17, 15) is 8.42 Å². The molecule has 0 aliphatic heterocycles. The fraction of sp³-hybridized carbons (Fsp3) is 0.333. The van der Waals surface area contributed by atoms with Gasteiger partial charge in [-0.3, -0.25) is 0 Å². The molecule has 0 atom stereocenters. The number of sulfone groups is 1. The Hall–Kier alpha value is -1.89. The molecule has 2 aromatic rings. The third kappa shape index (κ3) is 3.31. The van der Waals surface area contributed by atoms with E-state index in [0.29, 0.717) is 11.3 Å². The Morgan fingerprint density at radius 1 is 1.21 bits per heavy atom. The van der Waals surface area contributed by atoms with E-state index in [1.54, 1.807) is 6.92 Å². The normalized spacial score (nSPS) is 11.6. The zero-order valence-corrected chi connectivity index (χ0v) is 11.4. The van der Waals surface area contributed by atoms with E-state index >= 15 is 0 Å². The Morgan fingerprint density at radius 2 is 1.84 bits per heavy atom. The first kappa shape index (κ1) is 13.5. The lowest BCUT2D eigenvalue weighted by molar-refractivity contribution is 0.597. The lowest BCUT2D eigenvalue weighted by Crippen LogP contribution is -2.18. The van der Waals surface area contributed by atoms with Crippen molar-refractivity contribution in [2.75, 3.05) is 29.1 Å². The lowest BCUT2D eigenvalue weighted by atomic mass is 10.3. The zero-order valence-electron chi connectivity index (χ0n) is 10.6. The number of para-hydroxylation sites is 2. The Morgan fingerprint density at radius 3 is 2.47 bits per heavy atom. The van der Waals surface area contributed by atoms with Gasteiger partial charge in [-0.25, -0.2) is 18.4 Å². The summed E-state index contributed by atoms with van der Waals surface area (Å²) in [5.41, 5.74) is 7.22. The van der Waals surface area contributed by atoms with Crippen molar-refractivity contribution in [3.05, 3.63) is 24.3 Å². The first-order chi connectivity index (χ1) is 9.02. The molecule has 0 amide bonds. The van der Waals surface area contributed by atoms with Crippen LogP contribution in [0.15, 0.2) is 24.3 Å². The van der Waals surface area contributed by atoms with Gasteiger partial charge in [0.05, 0.1) is 16.8 Å². The highest BCUT2D eigenvalue weighted by Crippen LogP contribution is 2.17. The fourth-order valence-corrected chi connectivity index (χ4v) is 2.31. The summed E-state index contributed by atoms with van der Waals surface area (Å²) in [7, 11) is -3.00. The first-order valence-electron chi connectivity index (χ1n) is 5.98. The van der Waals surface area contributed by atoms with E-state index in [0.717, 1.165) is 5.52 Å². The number of nitrogens with two attached hydrogens (primary N) is 1. The van der Waals surface area contributed by atoms with Crippen LogP contribution < -0.4 is 11.1 Å². The molecule has 1 aromatic carbocycles. The van der Waals surface area contributed by atoms with Gasteiger partial charge < -0.3 is 11.1 Å². The topological polar surface area (TPSA) is 98.0 Å². The van der Waals surface area contributed by atoms with Crippen molar-refractivity contribution in [2.24, 2.45) is 0 Å². The van der Waals surface area contributed by atoms with Crippen molar-refractivity contribution in [3.8, 4) is 0 Å². The largest absolute Gasteiger partial charge is 0.381 e. The molecule has 19 heavy (non-hydrogen) atoms. The van der Waals surface area contributed by atoms with Crippen molar-refractivity contribution < 1.29 is 8.42 Å². The quantitative estimate of drug-likeness (QED) is 0.849. The second-order valence-corrected chi connectivity index (χ2v) is 6.58. The van der Waals surface area contributed by atoms with Gasteiger partial charge in [0.25, 0.3) is 0 Å². The number of anilines is 2. The minimum Gasteiger partial charge on any atom is -0.381 e. The molecule has 1 aromatic heterocycles. The van der Waals surface area contributed by atoms with E-state index in [1.807, 2.05) is 24.3 Å². The molecule has 1 heterocycles. The minimum atomic E-state index is -3.00. The molecule has 0 spiro atoms.